The van der Waals surface area contributed by atoms with Gasteiger partial charge >= 0.3 is 0 Å². The number of thiazole rings is 1. The summed E-state index contributed by atoms with van der Waals surface area (Å²) < 4.78 is 12.7. The first-order chi connectivity index (χ1) is 13.6. The number of hydrogen-bond donors (Lipinski definition) is 1. The highest BCUT2D eigenvalue weighted by Gasteiger charge is 2.22. The highest BCUT2D eigenvalue weighted by Crippen LogP contribution is 2.34. The van der Waals surface area contributed by atoms with Crippen LogP contribution in [0.15, 0.2) is 42.5 Å². The number of nitrogens with zero attached hydrogens (tertiary/aromatic N) is 1. The Bertz CT molecular complexity index is 964. The summed E-state index contributed by atoms with van der Waals surface area (Å²) in [5, 5.41) is 3.78. The van der Waals surface area contributed by atoms with Crippen molar-refractivity contribution >= 4 is 27.5 Å². The third-order valence-corrected chi connectivity index (χ3v) is 5.66. The molecule has 1 saturated carbocycles. The molecule has 1 fully saturated rings. The molecule has 0 radical (unpaired) electrons. The Morgan fingerprint density at radius 1 is 1.18 bits per heavy atom. The maximum Gasteiger partial charge on any atom is 0.217 e. The van der Waals surface area contributed by atoms with Gasteiger partial charge in [0.15, 0.2) is 0 Å². The van der Waals surface area contributed by atoms with E-state index in [1.54, 1.807) is 11.3 Å². The van der Waals surface area contributed by atoms with Gasteiger partial charge in [-0.1, -0.05) is 0 Å². The van der Waals surface area contributed by atoms with Crippen LogP contribution in [0.1, 0.15) is 26.7 Å². The fourth-order valence-corrected chi connectivity index (χ4v) is 3.92. The molecule has 5 nitrogen and oxygen atoms in total. The molecule has 3 aromatic rings. The number of ether oxygens (including phenoxy) is 2. The number of fused-ring (bicyclic) bond motifs is 1. The van der Waals surface area contributed by atoms with Crippen molar-refractivity contribution in [2.75, 3.05) is 13.2 Å². The highest BCUT2D eigenvalue weighted by atomic mass is 32.1. The van der Waals surface area contributed by atoms with E-state index in [9.17, 15) is 4.79 Å². The van der Waals surface area contributed by atoms with Crippen molar-refractivity contribution in [2.24, 2.45) is 5.92 Å². The minimum absolute atomic E-state index is 0.0298. The first kappa shape index (κ1) is 18.7. The number of carbonyl (C=O) groups is 1. The second-order valence-corrected chi connectivity index (χ2v) is 8.37. The van der Waals surface area contributed by atoms with Gasteiger partial charge in [-0.05, 0) is 68.1 Å². The van der Waals surface area contributed by atoms with Crippen LogP contribution < -0.4 is 14.8 Å². The van der Waals surface area contributed by atoms with E-state index in [0.29, 0.717) is 6.61 Å². The molecule has 1 aliphatic rings. The molecular formula is C22H24N2O3S. The summed E-state index contributed by atoms with van der Waals surface area (Å²) in [5.41, 5.74) is 2.05. The Hall–Kier alpha value is -2.60. The number of aromatic nitrogens is 1. The van der Waals surface area contributed by atoms with Gasteiger partial charge in [0.25, 0.3) is 0 Å². The largest absolute Gasteiger partial charge is 0.493 e. The molecule has 4 rings (SSSR count). The molecule has 2 aromatic carbocycles. The molecular weight excluding hydrogens is 372 g/mol. The van der Waals surface area contributed by atoms with E-state index in [-0.39, 0.29) is 11.9 Å². The zero-order valence-electron chi connectivity index (χ0n) is 16.1. The van der Waals surface area contributed by atoms with Crippen molar-refractivity contribution in [1.82, 2.24) is 10.3 Å². The van der Waals surface area contributed by atoms with E-state index in [1.165, 1.54) is 19.8 Å². The normalized spacial score (nSPS) is 14.6. The summed E-state index contributed by atoms with van der Waals surface area (Å²) in [6.07, 6.45) is 2.58. The van der Waals surface area contributed by atoms with E-state index in [4.69, 9.17) is 14.5 Å². The van der Waals surface area contributed by atoms with E-state index in [2.05, 4.69) is 11.4 Å². The Labute approximate surface area is 168 Å². The minimum Gasteiger partial charge on any atom is -0.493 e. The number of amides is 1. The van der Waals surface area contributed by atoms with Crippen molar-refractivity contribution < 1.29 is 14.3 Å². The van der Waals surface area contributed by atoms with Gasteiger partial charge in [0, 0.05) is 12.5 Å². The summed E-state index contributed by atoms with van der Waals surface area (Å²) in [6.45, 7) is 4.67. The molecule has 0 spiro atoms. The lowest BCUT2D eigenvalue weighted by atomic mass is 10.2. The Kier molecular flexibility index (Phi) is 5.48. The minimum atomic E-state index is -0.0524. The van der Waals surface area contributed by atoms with Crippen LogP contribution in [0.4, 0.5) is 0 Å². The van der Waals surface area contributed by atoms with Crippen LogP contribution in [-0.2, 0) is 4.79 Å². The molecule has 0 unspecified atom stereocenters. The second-order valence-electron chi connectivity index (χ2n) is 7.34. The summed E-state index contributed by atoms with van der Waals surface area (Å²) >= 11 is 1.67. The van der Waals surface area contributed by atoms with Crippen LogP contribution in [0.25, 0.3) is 20.8 Å². The first-order valence-corrected chi connectivity index (χ1v) is 10.4. The Balaban J connectivity index is 1.41. The van der Waals surface area contributed by atoms with Gasteiger partial charge in [0.2, 0.25) is 5.91 Å². The van der Waals surface area contributed by atoms with Gasteiger partial charge in [-0.3, -0.25) is 4.79 Å². The highest BCUT2D eigenvalue weighted by molar-refractivity contribution is 7.21. The molecule has 1 aliphatic carbocycles. The number of benzene rings is 2. The van der Waals surface area contributed by atoms with Gasteiger partial charge in [0.05, 0.1) is 22.9 Å². The van der Waals surface area contributed by atoms with Crippen molar-refractivity contribution in [3.05, 3.63) is 42.5 Å². The van der Waals surface area contributed by atoms with Gasteiger partial charge in [-0.15, -0.1) is 11.3 Å². The fourth-order valence-electron chi connectivity index (χ4n) is 2.92. The quantitative estimate of drug-likeness (QED) is 0.602. The summed E-state index contributed by atoms with van der Waals surface area (Å²) in [6, 6.07) is 14.0. The topological polar surface area (TPSA) is 60.5 Å². The van der Waals surface area contributed by atoms with E-state index in [1.807, 2.05) is 43.3 Å². The first-order valence-electron chi connectivity index (χ1n) is 9.60. The summed E-state index contributed by atoms with van der Waals surface area (Å²) in [5.74, 6) is 2.39. The maximum absolute atomic E-state index is 11.1. The molecule has 1 N–H and O–H groups in total. The molecule has 28 heavy (non-hydrogen) atoms. The Morgan fingerprint density at radius 2 is 1.93 bits per heavy atom. The maximum atomic E-state index is 11.1. The molecule has 0 aliphatic heterocycles. The molecule has 1 atom stereocenters. The van der Waals surface area contributed by atoms with Gasteiger partial charge in [-0.2, -0.15) is 0 Å². The van der Waals surface area contributed by atoms with E-state index in [0.717, 1.165) is 44.8 Å². The number of hydrogen-bond acceptors (Lipinski definition) is 5. The Morgan fingerprint density at radius 3 is 2.64 bits per heavy atom. The van der Waals surface area contributed by atoms with Crippen LogP contribution in [0, 0.1) is 5.92 Å². The van der Waals surface area contributed by atoms with Gasteiger partial charge in [-0.25, -0.2) is 4.98 Å². The van der Waals surface area contributed by atoms with Gasteiger partial charge < -0.3 is 14.8 Å². The van der Waals surface area contributed by atoms with E-state index >= 15 is 0 Å². The predicted molar refractivity (Wildman–Crippen MR) is 112 cm³/mol. The monoisotopic (exact) mass is 396 g/mol. The van der Waals surface area contributed by atoms with Crippen LogP contribution in [0.2, 0.25) is 0 Å². The molecule has 0 bridgehead atoms. The van der Waals surface area contributed by atoms with Crippen LogP contribution in [0.3, 0.4) is 0 Å². The number of carbonyl (C=O) groups excluding carboxylic acids is 1. The SMILES string of the molecule is CC(=O)N[C@@H](C)COc1ccc(-c2nc3ccc(OCC4CC4)cc3s2)cc1. The molecule has 1 amide bonds. The average Bonchev–Trinajstić information content (AvgIpc) is 3.41. The average molecular weight is 397 g/mol. The lowest BCUT2D eigenvalue weighted by Crippen LogP contribution is -2.35. The standard InChI is InChI=1S/C22H24N2O3S/c1-14(23-15(2)25)12-26-18-7-5-17(6-8-18)22-24-20-10-9-19(11-21(20)28-22)27-13-16-3-4-16/h5-11,14,16H,3-4,12-13H2,1-2H3,(H,23,25)/t14-/m0/s1. The molecule has 1 heterocycles. The van der Waals surface area contributed by atoms with Gasteiger partial charge in [0.1, 0.15) is 23.1 Å². The fraction of sp³-hybridized carbons (Fsp3) is 0.364. The molecule has 1 aromatic heterocycles. The van der Waals surface area contributed by atoms with Crippen LogP contribution in [0.5, 0.6) is 11.5 Å². The van der Waals surface area contributed by atoms with Crippen molar-refractivity contribution in [2.45, 2.75) is 32.7 Å². The second kappa shape index (κ2) is 8.19. The lowest BCUT2D eigenvalue weighted by Gasteiger charge is -2.13. The predicted octanol–water partition coefficient (Wildman–Crippen LogP) is 4.66. The molecule has 146 valence electrons. The number of rotatable bonds is 8. The van der Waals surface area contributed by atoms with E-state index < -0.39 is 0 Å². The summed E-state index contributed by atoms with van der Waals surface area (Å²) in [4.78, 5) is 15.8. The van der Waals surface area contributed by atoms with Crippen molar-refractivity contribution in [1.29, 1.82) is 0 Å². The third-order valence-electron chi connectivity index (χ3n) is 4.59. The van der Waals surface area contributed by atoms with Crippen molar-refractivity contribution in [3.8, 4) is 22.1 Å². The van der Waals surface area contributed by atoms with Crippen molar-refractivity contribution in [3.63, 3.8) is 0 Å². The number of nitrogens with one attached hydrogen (secondary N) is 1. The zero-order valence-corrected chi connectivity index (χ0v) is 16.9. The molecule has 6 heteroatoms. The zero-order chi connectivity index (χ0) is 19.5. The lowest BCUT2D eigenvalue weighted by molar-refractivity contribution is -0.119. The van der Waals surface area contributed by atoms with Crippen LogP contribution >= 0.6 is 11.3 Å². The molecule has 0 saturated heterocycles. The smallest absolute Gasteiger partial charge is 0.217 e. The third kappa shape index (κ3) is 4.81. The van der Waals surface area contributed by atoms with Crippen LogP contribution in [-0.4, -0.2) is 30.1 Å². The summed E-state index contributed by atoms with van der Waals surface area (Å²) in [7, 11) is 0.